The predicted octanol–water partition coefficient (Wildman–Crippen LogP) is 2.63. The standard InChI is InChI=1S/C16H23N5/c1-4-14-9-16(19-13(3)18-14)20-7-5-12(2)15(10-20)21-8-6-17-11-21/h6,8-9,11-12,15H,4-5,7,10H2,1-3H3. The first-order chi connectivity index (χ1) is 10.2. The fourth-order valence-corrected chi connectivity index (χ4v) is 3.07. The van der Waals surface area contributed by atoms with E-state index in [1.165, 1.54) is 6.42 Å². The van der Waals surface area contributed by atoms with Crippen molar-refractivity contribution in [3.8, 4) is 0 Å². The summed E-state index contributed by atoms with van der Waals surface area (Å²) in [6, 6.07) is 2.59. The Morgan fingerprint density at radius 1 is 1.33 bits per heavy atom. The van der Waals surface area contributed by atoms with Crippen LogP contribution in [0.4, 0.5) is 5.82 Å². The van der Waals surface area contributed by atoms with Crippen LogP contribution >= 0.6 is 0 Å². The molecule has 2 aromatic rings. The van der Waals surface area contributed by atoms with Crippen molar-refractivity contribution in [1.82, 2.24) is 19.5 Å². The molecule has 0 aromatic carbocycles. The van der Waals surface area contributed by atoms with Crippen molar-refractivity contribution in [3.63, 3.8) is 0 Å². The molecule has 2 aromatic heterocycles. The zero-order chi connectivity index (χ0) is 14.8. The van der Waals surface area contributed by atoms with Gasteiger partial charge in [-0.25, -0.2) is 15.0 Å². The van der Waals surface area contributed by atoms with Gasteiger partial charge in [-0.05, 0) is 25.7 Å². The molecule has 5 heteroatoms. The second-order valence-electron chi connectivity index (χ2n) is 5.91. The predicted molar refractivity (Wildman–Crippen MR) is 83.4 cm³/mol. The molecule has 1 saturated heterocycles. The van der Waals surface area contributed by atoms with Crippen LogP contribution in [0.3, 0.4) is 0 Å². The van der Waals surface area contributed by atoms with Crippen LogP contribution in [0, 0.1) is 12.8 Å². The van der Waals surface area contributed by atoms with E-state index in [2.05, 4.69) is 50.5 Å². The maximum Gasteiger partial charge on any atom is 0.132 e. The third kappa shape index (κ3) is 2.91. The summed E-state index contributed by atoms with van der Waals surface area (Å²) in [5.41, 5.74) is 1.12. The van der Waals surface area contributed by atoms with Gasteiger partial charge in [0.15, 0.2) is 0 Å². The summed E-state index contributed by atoms with van der Waals surface area (Å²) in [5, 5.41) is 0. The van der Waals surface area contributed by atoms with Gasteiger partial charge in [0.25, 0.3) is 0 Å². The minimum absolute atomic E-state index is 0.460. The van der Waals surface area contributed by atoms with E-state index in [1.54, 1.807) is 0 Å². The van der Waals surface area contributed by atoms with E-state index in [0.29, 0.717) is 12.0 Å². The first-order valence-electron chi connectivity index (χ1n) is 7.74. The lowest BCUT2D eigenvalue weighted by atomic mass is 9.93. The van der Waals surface area contributed by atoms with Crippen molar-refractivity contribution in [2.24, 2.45) is 5.92 Å². The summed E-state index contributed by atoms with van der Waals surface area (Å²) in [7, 11) is 0. The number of hydrogen-bond acceptors (Lipinski definition) is 4. The van der Waals surface area contributed by atoms with Crippen LogP contribution in [0.2, 0.25) is 0 Å². The number of rotatable bonds is 3. The fraction of sp³-hybridized carbons (Fsp3) is 0.562. The highest BCUT2D eigenvalue weighted by Gasteiger charge is 2.28. The maximum atomic E-state index is 4.64. The average Bonchev–Trinajstić information content (AvgIpc) is 3.01. The van der Waals surface area contributed by atoms with E-state index in [4.69, 9.17) is 0 Å². The summed E-state index contributed by atoms with van der Waals surface area (Å²) in [5.74, 6) is 2.59. The van der Waals surface area contributed by atoms with E-state index in [-0.39, 0.29) is 0 Å². The van der Waals surface area contributed by atoms with Gasteiger partial charge in [-0.2, -0.15) is 0 Å². The Kier molecular flexibility index (Phi) is 3.90. The quantitative estimate of drug-likeness (QED) is 0.870. The minimum Gasteiger partial charge on any atom is -0.354 e. The number of aryl methyl sites for hydroxylation is 2. The minimum atomic E-state index is 0.460. The SMILES string of the molecule is CCc1cc(N2CCC(C)C(n3ccnc3)C2)nc(C)n1. The van der Waals surface area contributed by atoms with Gasteiger partial charge in [-0.15, -0.1) is 0 Å². The van der Waals surface area contributed by atoms with Gasteiger partial charge in [-0.3, -0.25) is 0 Å². The molecule has 1 aliphatic rings. The van der Waals surface area contributed by atoms with Crippen LogP contribution in [0.1, 0.15) is 37.8 Å². The third-order valence-electron chi connectivity index (χ3n) is 4.39. The maximum absolute atomic E-state index is 4.64. The third-order valence-corrected chi connectivity index (χ3v) is 4.39. The molecule has 3 heterocycles. The molecular formula is C16H23N5. The van der Waals surface area contributed by atoms with Crippen molar-refractivity contribution < 1.29 is 0 Å². The van der Waals surface area contributed by atoms with Crippen molar-refractivity contribution in [2.45, 2.75) is 39.7 Å². The fourth-order valence-electron chi connectivity index (χ4n) is 3.07. The van der Waals surface area contributed by atoms with Gasteiger partial charge in [0.2, 0.25) is 0 Å². The van der Waals surface area contributed by atoms with E-state index in [9.17, 15) is 0 Å². The zero-order valence-electron chi connectivity index (χ0n) is 13.0. The lowest BCUT2D eigenvalue weighted by Gasteiger charge is -2.38. The smallest absolute Gasteiger partial charge is 0.132 e. The molecule has 0 radical (unpaired) electrons. The molecule has 3 rings (SSSR count). The Bertz CT molecular complexity index is 593. The molecule has 0 amide bonds. The number of anilines is 1. The van der Waals surface area contributed by atoms with Crippen molar-refractivity contribution in [2.75, 3.05) is 18.0 Å². The number of piperidine rings is 1. The summed E-state index contributed by atoms with van der Waals surface area (Å²) in [6.45, 7) is 8.48. The topological polar surface area (TPSA) is 46.8 Å². The largest absolute Gasteiger partial charge is 0.354 e. The highest BCUT2D eigenvalue weighted by molar-refractivity contribution is 5.40. The van der Waals surface area contributed by atoms with Gasteiger partial charge >= 0.3 is 0 Å². The Morgan fingerprint density at radius 2 is 2.19 bits per heavy atom. The van der Waals surface area contributed by atoms with Gasteiger partial charge in [-0.1, -0.05) is 13.8 Å². The van der Waals surface area contributed by atoms with E-state index >= 15 is 0 Å². The molecule has 0 saturated carbocycles. The van der Waals surface area contributed by atoms with Crippen LogP contribution in [0.25, 0.3) is 0 Å². The van der Waals surface area contributed by atoms with Crippen molar-refractivity contribution in [3.05, 3.63) is 36.3 Å². The summed E-state index contributed by atoms with van der Waals surface area (Å²) in [4.78, 5) is 15.7. The van der Waals surface area contributed by atoms with Crippen LogP contribution in [-0.2, 0) is 6.42 Å². The first-order valence-corrected chi connectivity index (χ1v) is 7.74. The highest BCUT2D eigenvalue weighted by Crippen LogP contribution is 2.30. The number of nitrogens with zero attached hydrogens (tertiary/aromatic N) is 5. The molecule has 5 nitrogen and oxygen atoms in total. The molecule has 1 aliphatic heterocycles. The molecule has 2 atom stereocenters. The highest BCUT2D eigenvalue weighted by atomic mass is 15.2. The average molecular weight is 285 g/mol. The van der Waals surface area contributed by atoms with E-state index in [1.807, 2.05) is 19.4 Å². The van der Waals surface area contributed by atoms with Gasteiger partial charge < -0.3 is 9.47 Å². The van der Waals surface area contributed by atoms with Crippen LogP contribution in [0.15, 0.2) is 24.8 Å². The summed E-state index contributed by atoms with van der Waals surface area (Å²) in [6.07, 6.45) is 7.97. The Labute approximate surface area is 126 Å². The van der Waals surface area contributed by atoms with Gasteiger partial charge in [0, 0.05) is 37.2 Å². The molecule has 2 unspecified atom stereocenters. The van der Waals surface area contributed by atoms with Crippen LogP contribution in [-0.4, -0.2) is 32.6 Å². The van der Waals surface area contributed by atoms with Crippen molar-refractivity contribution in [1.29, 1.82) is 0 Å². The molecular weight excluding hydrogens is 262 g/mol. The van der Waals surface area contributed by atoms with Gasteiger partial charge in [0.05, 0.1) is 12.4 Å². The second kappa shape index (κ2) is 5.84. The number of hydrogen-bond donors (Lipinski definition) is 0. The molecule has 0 aliphatic carbocycles. The zero-order valence-corrected chi connectivity index (χ0v) is 13.0. The normalized spacial score (nSPS) is 22.5. The first kappa shape index (κ1) is 14.0. The molecule has 21 heavy (non-hydrogen) atoms. The van der Waals surface area contributed by atoms with Crippen LogP contribution in [0.5, 0.6) is 0 Å². The second-order valence-corrected chi connectivity index (χ2v) is 5.91. The number of imidazole rings is 1. The summed E-state index contributed by atoms with van der Waals surface area (Å²) < 4.78 is 2.23. The van der Waals surface area contributed by atoms with Gasteiger partial charge in [0.1, 0.15) is 11.6 Å². The molecule has 0 bridgehead atoms. The molecule has 0 spiro atoms. The molecule has 1 fully saturated rings. The number of aromatic nitrogens is 4. The lowest BCUT2D eigenvalue weighted by molar-refractivity contribution is 0.298. The Morgan fingerprint density at radius 3 is 2.90 bits per heavy atom. The van der Waals surface area contributed by atoms with Crippen LogP contribution < -0.4 is 4.90 Å². The summed E-state index contributed by atoms with van der Waals surface area (Å²) >= 11 is 0. The Balaban J connectivity index is 1.85. The lowest BCUT2D eigenvalue weighted by Crippen LogP contribution is -2.41. The van der Waals surface area contributed by atoms with E-state index < -0.39 is 0 Å². The monoisotopic (exact) mass is 285 g/mol. The Hall–Kier alpha value is -1.91. The van der Waals surface area contributed by atoms with Crippen molar-refractivity contribution >= 4 is 5.82 Å². The molecule has 112 valence electrons. The molecule has 0 N–H and O–H groups in total. The van der Waals surface area contributed by atoms with E-state index in [0.717, 1.165) is 36.8 Å².